The van der Waals surface area contributed by atoms with Gasteiger partial charge in [0.2, 0.25) is 23.6 Å². The zero-order valence-corrected chi connectivity index (χ0v) is 45.5. The number of aliphatic hydroxyl groups excluding tert-OH is 1. The number of amides is 4. The Labute approximate surface area is 457 Å². The van der Waals surface area contributed by atoms with Gasteiger partial charge >= 0.3 is 0 Å². The van der Waals surface area contributed by atoms with Gasteiger partial charge in [-0.3, -0.25) is 28.8 Å². The largest absolute Gasteiger partial charge is 0.393 e. The topological polar surface area (TPSA) is 218 Å². The fourth-order valence-electron chi connectivity index (χ4n) is 13.5. The van der Waals surface area contributed by atoms with E-state index in [-0.39, 0.29) is 98.6 Å². The minimum Gasteiger partial charge on any atom is -0.393 e. The number of allylic oxidation sites excluding steroid dienone is 4. The zero-order valence-electron chi connectivity index (χ0n) is 45.5. The Hall–Kier alpha value is -5.44. The van der Waals surface area contributed by atoms with Crippen molar-refractivity contribution < 1.29 is 67.0 Å². The first kappa shape index (κ1) is 57.3. The van der Waals surface area contributed by atoms with Crippen molar-refractivity contribution in [2.75, 3.05) is 84.0 Å². The molecule has 18 nitrogen and oxygen atoms in total. The molecular formula is C60H78N4O14. The number of ketones is 2. The zero-order chi connectivity index (χ0) is 54.9. The van der Waals surface area contributed by atoms with E-state index in [0.29, 0.717) is 85.0 Å². The van der Waals surface area contributed by atoms with Crippen LogP contribution in [0, 0.1) is 28.6 Å². The van der Waals surface area contributed by atoms with Gasteiger partial charge in [-0.1, -0.05) is 93.5 Å². The number of rotatable bonds is 26. The summed E-state index contributed by atoms with van der Waals surface area (Å²) in [5, 5.41) is 17.5. The molecule has 2 saturated heterocycles. The number of likely N-dealkylation sites (tertiary alicyclic amines) is 1. The Morgan fingerprint density at radius 1 is 0.795 bits per heavy atom. The van der Waals surface area contributed by atoms with E-state index in [2.05, 4.69) is 30.6 Å². The Morgan fingerprint density at radius 2 is 1.49 bits per heavy atom. The van der Waals surface area contributed by atoms with E-state index >= 15 is 0 Å². The van der Waals surface area contributed by atoms with Gasteiger partial charge in [-0.05, 0) is 78.8 Å². The third kappa shape index (κ3) is 12.3. The number of nitrogens with zero attached hydrogens (tertiary/aromatic N) is 2. The van der Waals surface area contributed by atoms with Crippen LogP contribution in [0.25, 0.3) is 12.2 Å². The number of hydrogen-bond acceptors (Lipinski definition) is 14. The maximum Gasteiger partial charge on any atom is 0.244 e. The van der Waals surface area contributed by atoms with Crippen LogP contribution in [-0.2, 0) is 68.5 Å². The number of ether oxygens (including phenoxy) is 7. The number of nitrogens with one attached hydrogen (secondary N) is 2. The molecule has 2 aromatic rings. The molecule has 10 atom stereocenters. The summed E-state index contributed by atoms with van der Waals surface area (Å²) in [6.07, 6.45) is 11.8. The van der Waals surface area contributed by atoms with Crippen LogP contribution in [-0.4, -0.2) is 155 Å². The molecule has 18 heteroatoms. The number of fused-ring (bicyclic) bond motifs is 9. The van der Waals surface area contributed by atoms with E-state index in [0.717, 1.165) is 47.2 Å². The van der Waals surface area contributed by atoms with Crippen LogP contribution in [0.15, 0.2) is 72.3 Å². The predicted octanol–water partition coefficient (Wildman–Crippen LogP) is 5.49. The first-order valence-corrected chi connectivity index (χ1v) is 28.2. The molecule has 9 rings (SSSR count). The Kier molecular flexibility index (Phi) is 18.9. The summed E-state index contributed by atoms with van der Waals surface area (Å²) in [5.41, 5.74) is 2.43. The van der Waals surface area contributed by atoms with E-state index in [9.17, 15) is 33.9 Å². The molecule has 4 aliphatic carbocycles. The lowest BCUT2D eigenvalue weighted by Crippen LogP contribution is -2.64. The van der Waals surface area contributed by atoms with Gasteiger partial charge in [0.05, 0.1) is 83.8 Å². The quantitative estimate of drug-likeness (QED) is 0.0995. The van der Waals surface area contributed by atoms with Gasteiger partial charge in [0.15, 0.2) is 23.5 Å². The minimum atomic E-state index is -1.32. The highest BCUT2D eigenvalue weighted by Gasteiger charge is 2.76. The fourth-order valence-corrected chi connectivity index (χ4v) is 13.5. The Bertz CT molecular complexity index is 2600. The number of para-hydroxylation sites is 1. The Balaban J connectivity index is 0.596. The summed E-state index contributed by atoms with van der Waals surface area (Å²) in [4.78, 5) is 82.1. The van der Waals surface area contributed by atoms with Crippen LogP contribution in [0.1, 0.15) is 102 Å². The summed E-state index contributed by atoms with van der Waals surface area (Å²) in [6.45, 7) is 9.36. The van der Waals surface area contributed by atoms with Crippen LogP contribution in [0.3, 0.4) is 0 Å². The van der Waals surface area contributed by atoms with Crippen LogP contribution in [0.5, 0.6) is 0 Å². The molecule has 3 heterocycles. The Morgan fingerprint density at radius 3 is 2.23 bits per heavy atom. The van der Waals surface area contributed by atoms with E-state index in [1.807, 2.05) is 67.6 Å². The molecular weight excluding hydrogens is 1000 g/mol. The van der Waals surface area contributed by atoms with Crippen LogP contribution < -0.4 is 15.5 Å². The molecule has 422 valence electrons. The lowest BCUT2D eigenvalue weighted by atomic mass is 9.46. The number of carbonyl (C=O) groups is 6. The van der Waals surface area contributed by atoms with Crippen molar-refractivity contribution in [2.45, 2.75) is 122 Å². The average molecular weight is 1080 g/mol. The third-order valence-corrected chi connectivity index (χ3v) is 17.4. The summed E-state index contributed by atoms with van der Waals surface area (Å²) in [5.74, 6) is -1.22. The normalized spacial score (nSPS) is 29.8. The molecule has 0 radical (unpaired) electrons. The highest BCUT2D eigenvalue weighted by atomic mass is 16.7. The van der Waals surface area contributed by atoms with Crippen LogP contribution >= 0.6 is 0 Å². The maximum atomic E-state index is 14.7. The smallest absolute Gasteiger partial charge is 0.244 e. The average Bonchev–Trinajstić information content (AvgIpc) is 3.07. The lowest BCUT2D eigenvalue weighted by molar-refractivity contribution is -0.206. The van der Waals surface area contributed by atoms with Crippen molar-refractivity contribution in [1.29, 1.82) is 0 Å². The molecule has 5 fully saturated rings. The third-order valence-electron chi connectivity index (χ3n) is 17.4. The number of aliphatic hydroxyl groups is 1. The summed E-state index contributed by atoms with van der Waals surface area (Å²) in [6, 6.07) is 15.7. The van der Waals surface area contributed by atoms with Crippen molar-refractivity contribution in [2.24, 2.45) is 28.6 Å². The molecule has 78 heavy (non-hydrogen) atoms. The highest BCUT2D eigenvalue weighted by molar-refractivity contribution is 6.01. The molecule has 0 spiro atoms. The molecule has 4 amide bonds. The SMILES string of the molecule is CCCC1O[C@@H]2C[C@H]3[C@@H]4CCC5=CC(=O)C=C[C@]5(C)[C@H]4[C@@H](O)C[C@]3(C)[C@]2(C(=O)COC2CCN2C(=O)CNC(=O)CCOCCOCCOCCOCCNC(=O)CCC(=O)N2Cc3ccccc3/C=C\c3ccccc32)O1. The van der Waals surface area contributed by atoms with Gasteiger partial charge < -0.3 is 58.7 Å². The number of carbonyl (C=O) groups excluding carboxylic acids is 6. The summed E-state index contributed by atoms with van der Waals surface area (Å²) in [7, 11) is 0. The standard InChI is InChI=1S/C60H78N4O14/c1-4-9-56-77-50-35-46-45-17-16-43-34-44(65)20-23-58(43,2)57(45)48(66)36-59(46,3)60(50,78-56)49(67)39-76-55-21-25-63(55)54(71)37-62-52(69)22-26-72-28-30-74-32-33-75-31-29-73-27-24-61-51(68)18-19-53(70)64-38-42-12-6-5-10-40(42)14-15-41-11-7-8-13-47(41)64/h5-8,10-15,20,23,34,45-46,48,50,55-57,66H,4,9,16-19,21-22,24-33,35-39H2,1-3H3,(H,61,68)(H,62,69)/b15-14-/t45-,46-,48-,50+,55?,56?,57+,58-,59-,60+/m0/s1. The van der Waals surface area contributed by atoms with Gasteiger partial charge in [-0.25, -0.2) is 0 Å². The first-order valence-electron chi connectivity index (χ1n) is 28.2. The predicted molar refractivity (Wildman–Crippen MR) is 288 cm³/mol. The molecule has 2 aromatic carbocycles. The number of hydrogen-bond donors (Lipinski definition) is 3. The van der Waals surface area contributed by atoms with E-state index in [1.165, 1.54) is 4.90 Å². The van der Waals surface area contributed by atoms with Gasteiger partial charge in [-0.15, -0.1) is 0 Å². The molecule has 7 aliphatic rings. The van der Waals surface area contributed by atoms with Crippen molar-refractivity contribution in [3.8, 4) is 0 Å². The monoisotopic (exact) mass is 1080 g/mol. The summed E-state index contributed by atoms with van der Waals surface area (Å²) < 4.78 is 41.7. The fraction of sp³-hybridized carbons (Fsp3) is 0.600. The number of anilines is 1. The number of Topliss-reactive ketones (excluding diaryl/α,β-unsaturated/α-hetero) is 1. The van der Waals surface area contributed by atoms with E-state index in [1.54, 1.807) is 17.1 Å². The molecule has 0 bridgehead atoms. The van der Waals surface area contributed by atoms with Crippen molar-refractivity contribution in [3.63, 3.8) is 0 Å². The van der Waals surface area contributed by atoms with Crippen molar-refractivity contribution in [1.82, 2.24) is 15.5 Å². The van der Waals surface area contributed by atoms with Gasteiger partial charge in [0, 0.05) is 55.5 Å². The van der Waals surface area contributed by atoms with Gasteiger partial charge in [0.1, 0.15) is 12.8 Å². The van der Waals surface area contributed by atoms with Crippen LogP contribution in [0.4, 0.5) is 5.69 Å². The highest BCUT2D eigenvalue weighted by Crippen LogP contribution is 2.70. The van der Waals surface area contributed by atoms with Gasteiger partial charge in [-0.2, -0.15) is 0 Å². The maximum absolute atomic E-state index is 14.7. The molecule has 3 saturated carbocycles. The number of benzene rings is 2. The van der Waals surface area contributed by atoms with Crippen molar-refractivity contribution in [3.05, 3.63) is 89.0 Å². The molecule has 2 unspecified atom stereocenters. The minimum absolute atomic E-state index is 0.0173. The van der Waals surface area contributed by atoms with Gasteiger partial charge in [0.25, 0.3) is 0 Å². The second kappa shape index (κ2) is 25.8. The molecule has 0 aromatic heterocycles. The van der Waals surface area contributed by atoms with Crippen LogP contribution in [0.2, 0.25) is 0 Å². The van der Waals surface area contributed by atoms with Crippen molar-refractivity contribution >= 4 is 53.0 Å². The summed E-state index contributed by atoms with van der Waals surface area (Å²) >= 11 is 0. The molecule has 3 aliphatic heterocycles. The first-order chi connectivity index (χ1) is 37.8. The second-order valence-corrected chi connectivity index (χ2v) is 22.1. The second-order valence-electron chi connectivity index (χ2n) is 22.1. The van der Waals surface area contributed by atoms with E-state index in [4.69, 9.17) is 33.2 Å². The lowest BCUT2D eigenvalue weighted by Gasteiger charge is -2.59. The van der Waals surface area contributed by atoms with E-state index < -0.39 is 41.2 Å². The molecule has 3 N–H and O–H groups in total.